The van der Waals surface area contributed by atoms with Crippen LogP contribution in [0.4, 0.5) is 0 Å². The number of methoxy groups -OCH3 is 2. The van der Waals surface area contributed by atoms with Gasteiger partial charge in [0, 0.05) is 21.0 Å². The predicted octanol–water partition coefficient (Wildman–Crippen LogP) is 1.82. The average molecular weight is 1590 g/mol. The Bertz CT molecular complexity index is 4180. The molecule has 4 aliphatic heterocycles. The molecule has 0 radical (unpaired) electrons. The van der Waals surface area contributed by atoms with Crippen molar-refractivity contribution in [3.8, 4) is 5.75 Å². The van der Waals surface area contributed by atoms with Crippen LogP contribution in [0.3, 0.4) is 0 Å². The molecule has 0 saturated carbocycles. The minimum atomic E-state index is -5.93. The van der Waals surface area contributed by atoms with Crippen LogP contribution in [0.2, 0.25) is 0 Å². The summed E-state index contributed by atoms with van der Waals surface area (Å²) in [5, 5.41) is 27.7. The van der Waals surface area contributed by atoms with E-state index < -0.39 is 234 Å². The van der Waals surface area contributed by atoms with E-state index in [-0.39, 0.29) is 5.56 Å². The molecule has 5 aromatic rings. The highest BCUT2D eigenvalue weighted by molar-refractivity contribution is 7.81. The Balaban J connectivity index is 1.20. The van der Waals surface area contributed by atoms with Crippen molar-refractivity contribution in [2.45, 2.75) is 170 Å². The zero-order valence-electron chi connectivity index (χ0n) is 56.9. The zero-order chi connectivity index (χ0) is 77.4. The lowest BCUT2D eigenvalue weighted by Gasteiger charge is -2.52. The van der Waals surface area contributed by atoms with Crippen LogP contribution < -0.4 is 15.4 Å². The molecule has 4 saturated heterocycles. The first kappa shape index (κ1) is 83.8. The third-order valence-electron chi connectivity index (χ3n) is 16.6. The Kier molecular flexibility index (Phi) is 29.7. The largest absolute Gasteiger partial charge is 0.497 e. The number of hydrogen-bond donors (Lipinski definition) is 8. The number of rotatable bonds is 37. The van der Waals surface area contributed by atoms with Crippen LogP contribution in [0.15, 0.2) is 146 Å². The first-order valence-electron chi connectivity index (χ1n) is 32.3. The van der Waals surface area contributed by atoms with Gasteiger partial charge in [-0.05, 0) is 39.9 Å². The third-order valence-corrected chi connectivity index (χ3v) is 18.4. The van der Waals surface area contributed by atoms with Crippen LogP contribution in [-0.2, 0) is 172 Å². The molecular formula is C65H78N2O36S4. The van der Waals surface area contributed by atoms with Gasteiger partial charge in [-0.15, -0.1) is 0 Å². The first-order chi connectivity index (χ1) is 50.7. The molecule has 0 spiro atoms. The van der Waals surface area contributed by atoms with Gasteiger partial charge in [0.05, 0.1) is 53.4 Å². The van der Waals surface area contributed by atoms with E-state index >= 15 is 0 Å². The maximum Gasteiger partial charge on any atom is 0.397 e. The van der Waals surface area contributed by atoms with Gasteiger partial charge in [0.1, 0.15) is 78.9 Å². The van der Waals surface area contributed by atoms with Crippen LogP contribution in [0.25, 0.3) is 0 Å². The number of carboxylic acids is 2. The Morgan fingerprint density at radius 3 is 1.03 bits per heavy atom. The minimum absolute atomic E-state index is 0.245. The lowest BCUT2D eigenvalue weighted by molar-refractivity contribution is -0.373. The Morgan fingerprint density at radius 1 is 0.374 bits per heavy atom. The molecule has 107 heavy (non-hydrogen) atoms. The smallest absolute Gasteiger partial charge is 0.397 e. The number of aliphatic carboxylic acids is 2. The molecule has 8 N–H and O–H groups in total. The van der Waals surface area contributed by atoms with E-state index in [1.807, 2.05) is 0 Å². The van der Waals surface area contributed by atoms with Gasteiger partial charge < -0.3 is 87.2 Å². The van der Waals surface area contributed by atoms with Crippen molar-refractivity contribution in [3.05, 3.63) is 173 Å². The molecule has 20 atom stereocenters. The van der Waals surface area contributed by atoms with Crippen LogP contribution in [0, 0.1) is 0 Å². The standard InChI is InChI=1S/C65H78N2O36S4/c1-36(68)66-46-50(48(88-29-38-17-9-5-10-18-38)44(95-62(46)87-4)34-93-104(74,75)76)97-65-59(103-107(83,84)85)54(92-32-41-23-15-8-16-24-41)55(57(101-65)61(72)73)99-63-47(67-37(2)69)51(49(45(96-63)35-94-105(77,78)79)89-30-39-19-11-6-12-20-39)98-64-58(102-106(80,81)82)53(91-31-40-21-13-7-14-22-40)52(56(100-64)60(70)71)90-33-42-25-27-43(86-3)28-26-42/h5-28,44-59,62-65H,29-35H2,1-4H3,(H,66,68)(H,67,69)(H,70,71)(H,72,73)(H,74,75,76)(H,77,78,79)(H,80,81,82)(H,83,84,85)/t44-,45-,46-,47-,48+,49+,50-,51-,52+,53+,54+,55+,56+,57+,58-,59-,62-,63+,64-,65-/m1/s1. The van der Waals surface area contributed by atoms with E-state index in [1.165, 1.54) is 43.5 Å². The maximum atomic E-state index is 14.3. The minimum Gasteiger partial charge on any atom is -0.497 e. The molecule has 0 bridgehead atoms. The van der Waals surface area contributed by atoms with Crippen LogP contribution in [-0.4, -0.2) is 236 Å². The van der Waals surface area contributed by atoms with E-state index in [4.69, 9.17) is 83.0 Å². The molecule has 5 aromatic carbocycles. The fraction of sp³-hybridized carbons (Fsp3) is 0.477. The Hall–Kier alpha value is -7.26. The maximum absolute atomic E-state index is 14.3. The monoisotopic (exact) mass is 1590 g/mol. The average Bonchev–Trinajstić information content (AvgIpc) is 0.757. The van der Waals surface area contributed by atoms with Crippen molar-refractivity contribution in [1.82, 2.24) is 10.6 Å². The lowest BCUT2D eigenvalue weighted by atomic mass is 9.93. The van der Waals surface area contributed by atoms with Crippen molar-refractivity contribution in [2.75, 3.05) is 27.4 Å². The van der Waals surface area contributed by atoms with Crippen molar-refractivity contribution in [2.24, 2.45) is 0 Å². The number of carbonyl (C=O) groups is 4. The summed E-state index contributed by atoms with van der Waals surface area (Å²) in [5.41, 5.74) is 1.80. The van der Waals surface area contributed by atoms with Crippen molar-refractivity contribution >= 4 is 65.3 Å². The van der Waals surface area contributed by atoms with Gasteiger partial charge in [-0.1, -0.05) is 133 Å². The number of carbonyl (C=O) groups excluding carboxylic acids is 2. The van der Waals surface area contributed by atoms with E-state index in [0.29, 0.717) is 28.0 Å². The summed E-state index contributed by atoms with van der Waals surface area (Å²) < 4.78 is 252. The normalized spacial score (nSPS) is 29.3. The van der Waals surface area contributed by atoms with Crippen molar-refractivity contribution in [3.63, 3.8) is 0 Å². The summed E-state index contributed by atoms with van der Waals surface area (Å²) in [4.78, 5) is 55.1. The molecule has 2 amide bonds. The number of benzene rings is 5. The Labute approximate surface area is 613 Å². The van der Waals surface area contributed by atoms with E-state index in [9.17, 15) is 81.3 Å². The van der Waals surface area contributed by atoms with Crippen molar-refractivity contribution < 1.29 is 164 Å². The number of ether oxygens (including phenoxy) is 14. The highest BCUT2D eigenvalue weighted by Crippen LogP contribution is 2.41. The second-order valence-corrected chi connectivity index (χ2v) is 28.5. The topological polar surface area (TPSA) is 516 Å². The van der Waals surface area contributed by atoms with E-state index in [0.717, 1.165) is 21.0 Å². The van der Waals surface area contributed by atoms with Crippen molar-refractivity contribution in [1.29, 1.82) is 0 Å². The molecule has 4 aliphatic rings. The molecular weight excluding hydrogens is 1510 g/mol. The van der Waals surface area contributed by atoms with E-state index in [2.05, 4.69) is 10.6 Å². The van der Waals surface area contributed by atoms with Gasteiger partial charge in [-0.3, -0.25) is 27.8 Å². The van der Waals surface area contributed by atoms with Crippen LogP contribution in [0.5, 0.6) is 5.75 Å². The fourth-order valence-corrected chi connectivity index (χ4v) is 13.7. The Morgan fingerprint density at radius 2 is 0.692 bits per heavy atom. The second-order valence-electron chi connectivity index (χ2n) is 24.2. The number of carboxylic acid groups (broad SMARTS) is 2. The molecule has 9 rings (SSSR count). The fourth-order valence-electron chi connectivity index (χ4n) is 12.1. The molecule has 4 fully saturated rings. The summed E-state index contributed by atoms with van der Waals surface area (Å²) in [6.45, 7) is -3.12. The highest BCUT2D eigenvalue weighted by atomic mass is 32.3. The van der Waals surface area contributed by atoms with Gasteiger partial charge >= 0.3 is 53.5 Å². The van der Waals surface area contributed by atoms with Gasteiger partial charge in [0.25, 0.3) is 0 Å². The van der Waals surface area contributed by atoms with Gasteiger partial charge in [0.2, 0.25) is 11.8 Å². The third kappa shape index (κ3) is 24.6. The SMILES string of the molecule is COc1ccc(CO[C@H]2[C@H](OCc3ccccc3)[C@@H](OS(=O)(=O)O)[C@H](O[C@@H]3[C@@H](NC(C)=O)[C@H](O[C@H]4[C@H](OCc5ccccc5)[C@@H](OS(=O)(=O)O)[C@H](O[C@@H]5[C@@H](NC(C)=O)[C@H](OC)O[C@H](COS(=O)(=O)O)[C@@H]5OCc5ccccc5)O[C@@H]4C(=O)O)O[C@H](COS(=O)(=O)O)[C@@H]3OCc3ccccc3)O[C@@H]2C(=O)O)cc1. The summed E-state index contributed by atoms with van der Waals surface area (Å²) in [6.07, 6.45) is -40.3. The number of hydrogen-bond acceptors (Lipinski definition) is 30. The van der Waals surface area contributed by atoms with E-state index in [1.54, 1.807) is 109 Å². The summed E-state index contributed by atoms with van der Waals surface area (Å²) in [7, 11) is -20.1. The second kappa shape index (κ2) is 37.9. The van der Waals surface area contributed by atoms with Gasteiger partial charge in [0.15, 0.2) is 49.6 Å². The molecule has 0 unspecified atom stereocenters. The first-order valence-corrected chi connectivity index (χ1v) is 37.7. The lowest BCUT2D eigenvalue weighted by Crippen LogP contribution is -2.71. The molecule has 42 heteroatoms. The highest BCUT2D eigenvalue weighted by Gasteiger charge is 2.61. The van der Waals surface area contributed by atoms with Gasteiger partial charge in [-0.25, -0.2) is 26.3 Å². The number of nitrogens with one attached hydrogen (secondary N) is 2. The summed E-state index contributed by atoms with van der Waals surface area (Å²) in [5.74, 6) is -5.38. The molecule has 588 valence electrons. The summed E-state index contributed by atoms with van der Waals surface area (Å²) in [6, 6.07) is 33.8. The zero-order valence-corrected chi connectivity index (χ0v) is 60.2. The molecule has 38 nitrogen and oxygen atoms in total. The van der Waals surface area contributed by atoms with Crippen LogP contribution >= 0.6 is 0 Å². The predicted molar refractivity (Wildman–Crippen MR) is 356 cm³/mol. The van der Waals surface area contributed by atoms with Crippen LogP contribution in [0.1, 0.15) is 41.7 Å². The van der Waals surface area contributed by atoms with Gasteiger partial charge in [-0.2, -0.15) is 33.7 Å². The quantitative estimate of drug-likeness (QED) is 0.0263. The summed E-state index contributed by atoms with van der Waals surface area (Å²) >= 11 is 0. The number of amides is 2. The molecule has 0 aliphatic carbocycles. The molecule has 4 heterocycles. The molecule has 0 aromatic heterocycles.